The van der Waals surface area contributed by atoms with Crippen molar-refractivity contribution < 1.29 is 5.11 Å². The average molecular weight is 343 g/mol. The van der Waals surface area contributed by atoms with Gasteiger partial charge < -0.3 is 15.4 Å². The zero-order valence-corrected chi connectivity index (χ0v) is 14.4. The van der Waals surface area contributed by atoms with Crippen LogP contribution in [0.3, 0.4) is 0 Å². The van der Waals surface area contributed by atoms with Crippen LogP contribution >= 0.6 is 0 Å². The first-order chi connectivity index (χ1) is 12.7. The topological polar surface area (TPSA) is 64.1 Å². The van der Waals surface area contributed by atoms with Gasteiger partial charge in [-0.05, 0) is 41.8 Å². The number of hydrogen-bond acceptors (Lipinski definition) is 3. The molecule has 3 aromatic carbocycles. The standard InChI is InChI=1S/C22H21N3O/c23-19(14-16-10-12-18(26)13-11-16)22-24-20-8-4-5-9-21(20)25(22)15-17-6-2-1-3-7-17/h1-13,19,26H,14-15,23H2. The third-order valence-electron chi connectivity index (χ3n) is 4.59. The van der Waals surface area contributed by atoms with Crippen LogP contribution in [0, 0.1) is 0 Å². The van der Waals surface area contributed by atoms with Crippen LogP contribution in [0.1, 0.15) is 23.0 Å². The predicted molar refractivity (Wildman–Crippen MR) is 104 cm³/mol. The van der Waals surface area contributed by atoms with Gasteiger partial charge in [-0.15, -0.1) is 0 Å². The van der Waals surface area contributed by atoms with E-state index >= 15 is 0 Å². The van der Waals surface area contributed by atoms with E-state index < -0.39 is 0 Å². The van der Waals surface area contributed by atoms with Gasteiger partial charge in [-0.3, -0.25) is 0 Å². The molecule has 1 atom stereocenters. The van der Waals surface area contributed by atoms with Crippen LogP contribution < -0.4 is 5.73 Å². The highest BCUT2D eigenvalue weighted by molar-refractivity contribution is 5.76. The normalized spacial score (nSPS) is 12.3. The Balaban J connectivity index is 1.71. The fourth-order valence-electron chi connectivity index (χ4n) is 3.29. The van der Waals surface area contributed by atoms with E-state index in [1.807, 2.05) is 48.5 Å². The van der Waals surface area contributed by atoms with Crippen molar-refractivity contribution in [3.63, 3.8) is 0 Å². The van der Waals surface area contributed by atoms with Crippen LogP contribution in [0.2, 0.25) is 0 Å². The first-order valence-electron chi connectivity index (χ1n) is 8.73. The summed E-state index contributed by atoms with van der Waals surface area (Å²) < 4.78 is 2.20. The molecule has 0 aliphatic heterocycles. The third kappa shape index (κ3) is 3.32. The lowest BCUT2D eigenvalue weighted by molar-refractivity contribution is 0.475. The number of aromatic hydroxyl groups is 1. The van der Waals surface area contributed by atoms with Gasteiger partial charge in [-0.25, -0.2) is 4.98 Å². The first-order valence-corrected chi connectivity index (χ1v) is 8.73. The summed E-state index contributed by atoms with van der Waals surface area (Å²) in [6, 6.07) is 25.4. The van der Waals surface area contributed by atoms with Crippen LogP contribution in [0.5, 0.6) is 5.75 Å². The lowest BCUT2D eigenvalue weighted by atomic mass is 10.1. The molecule has 0 aliphatic carbocycles. The fraction of sp³-hybridized carbons (Fsp3) is 0.136. The minimum absolute atomic E-state index is 0.226. The summed E-state index contributed by atoms with van der Waals surface area (Å²) in [7, 11) is 0. The first kappa shape index (κ1) is 16.4. The summed E-state index contributed by atoms with van der Waals surface area (Å²) in [5, 5.41) is 9.46. The SMILES string of the molecule is NC(Cc1ccc(O)cc1)c1nc2ccccc2n1Cc1ccccc1. The van der Waals surface area contributed by atoms with Crippen molar-refractivity contribution in [1.29, 1.82) is 0 Å². The van der Waals surface area contributed by atoms with Gasteiger partial charge in [0.15, 0.2) is 0 Å². The minimum Gasteiger partial charge on any atom is -0.508 e. The number of para-hydroxylation sites is 2. The van der Waals surface area contributed by atoms with Gasteiger partial charge >= 0.3 is 0 Å². The number of nitrogens with two attached hydrogens (primary N) is 1. The highest BCUT2D eigenvalue weighted by Gasteiger charge is 2.17. The maximum absolute atomic E-state index is 9.46. The average Bonchev–Trinajstić information content (AvgIpc) is 3.03. The van der Waals surface area contributed by atoms with Crippen LogP contribution in [0.4, 0.5) is 0 Å². The van der Waals surface area contributed by atoms with Crippen molar-refractivity contribution in [2.24, 2.45) is 5.73 Å². The molecule has 1 heterocycles. The number of benzene rings is 3. The van der Waals surface area contributed by atoms with E-state index in [1.54, 1.807) is 12.1 Å². The second kappa shape index (κ2) is 7.02. The number of rotatable bonds is 5. The molecule has 0 fully saturated rings. The summed E-state index contributed by atoms with van der Waals surface area (Å²) in [5.74, 6) is 1.14. The zero-order valence-electron chi connectivity index (χ0n) is 14.4. The van der Waals surface area contributed by atoms with Crippen LogP contribution in [0.25, 0.3) is 11.0 Å². The molecule has 4 nitrogen and oxygen atoms in total. The largest absolute Gasteiger partial charge is 0.508 e. The Morgan fingerprint density at radius 1 is 0.846 bits per heavy atom. The lowest BCUT2D eigenvalue weighted by Gasteiger charge is -2.15. The Hall–Kier alpha value is -3.11. The zero-order chi connectivity index (χ0) is 17.9. The van der Waals surface area contributed by atoms with Gasteiger partial charge in [0.1, 0.15) is 11.6 Å². The quantitative estimate of drug-likeness (QED) is 0.575. The molecule has 1 unspecified atom stereocenters. The van der Waals surface area contributed by atoms with Crippen molar-refractivity contribution in [2.45, 2.75) is 19.0 Å². The van der Waals surface area contributed by atoms with E-state index in [9.17, 15) is 5.11 Å². The Morgan fingerprint density at radius 3 is 2.31 bits per heavy atom. The molecule has 0 spiro atoms. The van der Waals surface area contributed by atoms with E-state index in [2.05, 4.69) is 22.8 Å². The highest BCUT2D eigenvalue weighted by atomic mass is 16.3. The Labute approximate surface area is 152 Å². The lowest BCUT2D eigenvalue weighted by Crippen LogP contribution is -2.19. The van der Waals surface area contributed by atoms with E-state index in [1.165, 1.54) is 5.56 Å². The number of phenols is 1. The molecule has 0 saturated heterocycles. The van der Waals surface area contributed by atoms with Gasteiger partial charge in [0.25, 0.3) is 0 Å². The highest BCUT2D eigenvalue weighted by Crippen LogP contribution is 2.24. The van der Waals surface area contributed by atoms with Gasteiger partial charge in [-0.2, -0.15) is 0 Å². The molecular weight excluding hydrogens is 322 g/mol. The molecule has 3 N–H and O–H groups in total. The summed E-state index contributed by atoms with van der Waals surface area (Å²) in [4.78, 5) is 4.81. The van der Waals surface area contributed by atoms with Crippen LogP contribution in [0.15, 0.2) is 78.9 Å². The van der Waals surface area contributed by atoms with E-state index in [0.717, 1.165) is 29.0 Å². The van der Waals surface area contributed by atoms with Gasteiger partial charge in [-0.1, -0.05) is 54.6 Å². The third-order valence-corrected chi connectivity index (χ3v) is 4.59. The molecule has 130 valence electrons. The van der Waals surface area contributed by atoms with Gasteiger partial charge in [0.05, 0.1) is 17.1 Å². The summed E-state index contributed by atoms with van der Waals surface area (Å²) in [6.07, 6.45) is 0.665. The van der Waals surface area contributed by atoms with Crippen molar-refractivity contribution in [1.82, 2.24) is 9.55 Å². The van der Waals surface area contributed by atoms with Crippen molar-refractivity contribution in [3.8, 4) is 5.75 Å². The Kier molecular flexibility index (Phi) is 4.42. The Morgan fingerprint density at radius 2 is 1.54 bits per heavy atom. The molecule has 4 rings (SSSR count). The molecule has 0 radical (unpaired) electrons. The number of phenolic OH excluding ortho intramolecular Hbond substituents is 1. The molecule has 0 bridgehead atoms. The van der Waals surface area contributed by atoms with Gasteiger partial charge in [0.2, 0.25) is 0 Å². The molecular formula is C22H21N3O. The monoisotopic (exact) mass is 343 g/mol. The number of aromatic nitrogens is 2. The number of fused-ring (bicyclic) bond motifs is 1. The van der Waals surface area contributed by atoms with E-state index in [-0.39, 0.29) is 11.8 Å². The molecule has 26 heavy (non-hydrogen) atoms. The maximum atomic E-state index is 9.46. The fourth-order valence-corrected chi connectivity index (χ4v) is 3.29. The molecule has 0 amide bonds. The van der Waals surface area contributed by atoms with Gasteiger partial charge in [0, 0.05) is 6.54 Å². The van der Waals surface area contributed by atoms with Crippen LogP contribution in [-0.2, 0) is 13.0 Å². The van der Waals surface area contributed by atoms with Crippen molar-refractivity contribution in [3.05, 3.63) is 95.8 Å². The van der Waals surface area contributed by atoms with Crippen molar-refractivity contribution >= 4 is 11.0 Å². The molecule has 0 aliphatic rings. The smallest absolute Gasteiger partial charge is 0.127 e. The van der Waals surface area contributed by atoms with E-state index in [4.69, 9.17) is 10.7 Å². The van der Waals surface area contributed by atoms with Crippen LogP contribution in [-0.4, -0.2) is 14.7 Å². The second-order valence-electron chi connectivity index (χ2n) is 6.51. The molecule has 0 saturated carbocycles. The number of nitrogens with zero attached hydrogens (tertiary/aromatic N) is 2. The molecule has 1 aromatic heterocycles. The molecule has 4 heteroatoms. The number of hydrogen-bond donors (Lipinski definition) is 2. The summed E-state index contributed by atoms with van der Waals surface area (Å²) >= 11 is 0. The Bertz CT molecular complexity index is 1010. The number of imidazole rings is 1. The van der Waals surface area contributed by atoms with Crippen molar-refractivity contribution in [2.75, 3.05) is 0 Å². The summed E-state index contributed by atoms with van der Waals surface area (Å²) in [5.41, 5.74) is 10.9. The maximum Gasteiger partial charge on any atom is 0.127 e. The second-order valence-corrected chi connectivity index (χ2v) is 6.51. The predicted octanol–water partition coefficient (Wildman–Crippen LogP) is 4.03. The molecule has 4 aromatic rings. The summed E-state index contributed by atoms with van der Waals surface area (Å²) in [6.45, 7) is 0.736. The minimum atomic E-state index is -0.226. The van der Waals surface area contributed by atoms with E-state index in [0.29, 0.717) is 6.42 Å².